The van der Waals surface area contributed by atoms with Crippen LogP contribution in [0.25, 0.3) is 10.9 Å². The van der Waals surface area contributed by atoms with Gasteiger partial charge in [0, 0.05) is 18.2 Å². The number of fused-ring (bicyclic) bond motifs is 1. The van der Waals surface area contributed by atoms with Gasteiger partial charge in [-0.15, -0.1) is 0 Å². The van der Waals surface area contributed by atoms with Crippen LogP contribution < -0.4 is 11.3 Å². The summed E-state index contributed by atoms with van der Waals surface area (Å²) in [7, 11) is 0. The molecule has 1 aliphatic rings. The molecular formula is C19H25N3O2S. The molecule has 0 saturated heterocycles. The number of hydrogen-bond acceptors (Lipinski definition) is 4. The molecule has 3 rings (SSSR count). The average molecular weight is 359 g/mol. The Morgan fingerprint density at radius 1 is 1.32 bits per heavy atom. The molecule has 2 aromatic rings. The Morgan fingerprint density at radius 2 is 2.08 bits per heavy atom. The van der Waals surface area contributed by atoms with Crippen molar-refractivity contribution in [2.45, 2.75) is 50.7 Å². The average Bonchev–Trinajstić information content (AvgIpc) is 2.58. The second-order valence-corrected chi connectivity index (χ2v) is 8.05. The smallest absolute Gasteiger partial charge is 0.262 e. The lowest BCUT2D eigenvalue weighted by atomic mass is 9.78. The molecular weight excluding hydrogens is 334 g/mol. The third-order valence-corrected chi connectivity index (χ3v) is 6.30. The fourth-order valence-electron chi connectivity index (χ4n) is 3.68. The molecule has 5 nitrogen and oxygen atoms in total. The van der Waals surface area contributed by atoms with Crippen molar-refractivity contribution in [1.29, 1.82) is 0 Å². The molecule has 1 heterocycles. The van der Waals surface area contributed by atoms with Crippen LogP contribution in [0.3, 0.4) is 0 Å². The molecule has 1 aromatic carbocycles. The maximum atomic E-state index is 13.2. The number of hydrogen-bond donors (Lipinski definition) is 1. The number of rotatable bonds is 5. The van der Waals surface area contributed by atoms with Crippen molar-refractivity contribution in [3.05, 3.63) is 34.6 Å². The molecule has 0 bridgehead atoms. The first kappa shape index (κ1) is 18.0. The number of carbonyl (C=O) groups is 1. The van der Waals surface area contributed by atoms with Gasteiger partial charge in [-0.05, 0) is 30.4 Å². The predicted octanol–water partition coefficient (Wildman–Crippen LogP) is 3.36. The fourth-order valence-corrected chi connectivity index (χ4v) is 4.69. The summed E-state index contributed by atoms with van der Waals surface area (Å²) in [6.07, 6.45) is 3.61. The first-order valence-corrected chi connectivity index (χ1v) is 9.90. The predicted molar refractivity (Wildman–Crippen MR) is 102 cm³/mol. The van der Waals surface area contributed by atoms with Gasteiger partial charge in [0.1, 0.15) is 0 Å². The SMILES string of the molecule is C[C@H]1[C@H](n2c(SCCC(N)=O)nc3ccccc3c2=O)CCC[C@@H]1C. The highest BCUT2D eigenvalue weighted by atomic mass is 32.2. The van der Waals surface area contributed by atoms with Crippen LogP contribution in [0.5, 0.6) is 0 Å². The van der Waals surface area contributed by atoms with Crippen LogP contribution >= 0.6 is 11.8 Å². The highest BCUT2D eigenvalue weighted by Gasteiger charge is 2.31. The molecule has 2 N–H and O–H groups in total. The number of benzene rings is 1. The van der Waals surface area contributed by atoms with Gasteiger partial charge < -0.3 is 5.73 Å². The van der Waals surface area contributed by atoms with E-state index in [2.05, 4.69) is 13.8 Å². The van der Waals surface area contributed by atoms with Gasteiger partial charge in [-0.25, -0.2) is 4.98 Å². The van der Waals surface area contributed by atoms with Crippen molar-refractivity contribution in [1.82, 2.24) is 9.55 Å². The molecule has 1 amide bonds. The van der Waals surface area contributed by atoms with Gasteiger partial charge in [0.2, 0.25) is 5.91 Å². The number of carbonyl (C=O) groups excluding carboxylic acids is 1. The highest BCUT2D eigenvalue weighted by molar-refractivity contribution is 7.99. The monoisotopic (exact) mass is 359 g/mol. The number of para-hydroxylation sites is 1. The summed E-state index contributed by atoms with van der Waals surface area (Å²) in [6, 6.07) is 7.64. The van der Waals surface area contributed by atoms with E-state index in [1.807, 2.05) is 28.8 Å². The first-order chi connectivity index (χ1) is 12.0. The van der Waals surface area contributed by atoms with E-state index >= 15 is 0 Å². The molecule has 6 heteroatoms. The van der Waals surface area contributed by atoms with Gasteiger partial charge in [0.05, 0.1) is 10.9 Å². The van der Waals surface area contributed by atoms with E-state index in [0.717, 1.165) is 12.8 Å². The van der Waals surface area contributed by atoms with Gasteiger partial charge in [-0.2, -0.15) is 0 Å². The molecule has 3 atom stereocenters. The minimum atomic E-state index is -0.332. The van der Waals surface area contributed by atoms with Crippen molar-refractivity contribution < 1.29 is 4.79 Å². The summed E-state index contributed by atoms with van der Waals surface area (Å²) >= 11 is 1.45. The van der Waals surface area contributed by atoms with E-state index in [1.54, 1.807) is 0 Å². The molecule has 1 aromatic heterocycles. The summed E-state index contributed by atoms with van der Waals surface area (Å²) in [6.45, 7) is 4.49. The van der Waals surface area contributed by atoms with Crippen molar-refractivity contribution in [3.63, 3.8) is 0 Å². The number of primary amides is 1. The van der Waals surface area contributed by atoms with Crippen LogP contribution in [-0.4, -0.2) is 21.2 Å². The molecule has 0 spiro atoms. The Balaban J connectivity index is 2.08. The van der Waals surface area contributed by atoms with Crippen molar-refractivity contribution in [2.24, 2.45) is 17.6 Å². The first-order valence-electron chi connectivity index (χ1n) is 8.91. The molecule has 1 saturated carbocycles. The van der Waals surface area contributed by atoms with Crippen LogP contribution in [0.4, 0.5) is 0 Å². The van der Waals surface area contributed by atoms with Crippen LogP contribution in [0, 0.1) is 11.8 Å². The summed E-state index contributed by atoms with van der Waals surface area (Å²) in [5.74, 6) is 1.21. The zero-order valence-electron chi connectivity index (χ0n) is 14.8. The number of amides is 1. The van der Waals surface area contributed by atoms with E-state index in [9.17, 15) is 9.59 Å². The Labute approximate surface area is 152 Å². The summed E-state index contributed by atoms with van der Waals surface area (Å²) in [5, 5.41) is 1.36. The van der Waals surface area contributed by atoms with Crippen LogP contribution in [-0.2, 0) is 4.79 Å². The Hall–Kier alpha value is -1.82. The van der Waals surface area contributed by atoms with Crippen LogP contribution in [0.15, 0.2) is 34.2 Å². The van der Waals surface area contributed by atoms with E-state index in [0.29, 0.717) is 33.6 Å². The maximum absolute atomic E-state index is 13.2. The van der Waals surface area contributed by atoms with E-state index in [-0.39, 0.29) is 23.9 Å². The van der Waals surface area contributed by atoms with E-state index in [1.165, 1.54) is 18.2 Å². The number of aromatic nitrogens is 2. The number of thioether (sulfide) groups is 1. The molecule has 0 unspecified atom stereocenters. The topological polar surface area (TPSA) is 78.0 Å². The summed E-state index contributed by atoms with van der Waals surface area (Å²) in [4.78, 5) is 29.0. The lowest BCUT2D eigenvalue weighted by Gasteiger charge is -2.36. The zero-order chi connectivity index (χ0) is 18.0. The molecule has 1 aliphatic carbocycles. The zero-order valence-corrected chi connectivity index (χ0v) is 15.6. The third kappa shape index (κ3) is 3.73. The lowest BCUT2D eigenvalue weighted by molar-refractivity contribution is -0.117. The molecule has 0 radical (unpaired) electrons. The quantitative estimate of drug-likeness (QED) is 0.656. The Morgan fingerprint density at radius 3 is 2.84 bits per heavy atom. The number of nitrogens with zero attached hydrogens (tertiary/aromatic N) is 2. The van der Waals surface area contributed by atoms with Gasteiger partial charge in [-0.3, -0.25) is 14.2 Å². The Kier molecular flexibility index (Phi) is 5.47. The molecule has 1 fully saturated rings. The van der Waals surface area contributed by atoms with Gasteiger partial charge in [0.25, 0.3) is 5.56 Å². The van der Waals surface area contributed by atoms with Gasteiger partial charge in [-0.1, -0.05) is 50.6 Å². The normalized spacial score (nSPS) is 23.7. The fraction of sp³-hybridized carbons (Fsp3) is 0.526. The second kappa shape index (κ2) is 7.60. The van der Waals surface area contributed by atoms with Crippen LogP contribution in [0.1, 0.15) is 45.6 Å². The standard InChI is InChI=1S/C19H25N3O2S/c1-12-6-5-9-16(13(12)2)22-18(24)14-7-3-4-8-15(14)21-19(22)25-11-10-17(20)23/h3-4,7-8,12-13,16H,5-6,9-11H2,1-2H3,(H2,20,23)/t12-,13+,16+/m0/s1. The molecule has 134 valence electrons. The maximum Gasteiger partial charge on any atom is 0.262 e. The minimum absolute atomic E-state index is 0.0260. The summed E-state index contributed by atoms with van der Waals surface area (Å²) < 4.78 is 1.88. The van der Waals surface area contributed by atoms with Gasteiger partial charge >= 0.3 is 0 Å². The number of nitrogens with two attached hydrogens (primary N) is 1. The minimum Gasteiger partial charge on any atom is -0.370 e. The summed E-state index contributed by atoms with van der Waals surface area (Å²) in [5.41, 5.74) is 5.99. The van der Waals surface area contributed by atoms with Gasteiger partial charge in [0.15, 0.2) is 5.16 Å². The van der Waals surface area contributed by atoms with Crippen molar-refractivity contribution >= 4 is 28.6 Å². The Bertz CT molecular complexity index is 833. The van der Waals surface area contributed by atoms with Crippen molar-refractivity contribution in [3.8, 4) is 0 Å². The molecule has 25 heavy (non-hydrogen) atoms. The molecule has 0 aliphatic heterocycles. The van der Waals surface area contributed by atoms with Crippen molar-refractivity contribution in [2.75, 3.05) is 5.75 Å². The lowest BCUT2D eigenvalue weighted by Crippen LogP contribution is -2.35. The van der Waals surface area contributed by atoms with Crippen LogP contribution in [0.2, 0.25) is 0 Å². The largest absolute Gasteiger partial charge is 0.370 e. The van der Waals surface area contributed by atoms with E-state index < -0.39 is 0 Å². The second-order valence-electron chi connectivity index (χ2n) is 6.99. The third-order valence-electron chi connectivity index (χ3n) is 5.35. The highest BCUT2D eigenvalue weighted by Crippen LogP contribution is 2.38. The van der Waals surface area contributed by atoms with E-state index in [4.69, 9.17) is 10.7 Å².